The highest BCUT2D eigenvalue weighted by Crippen LogP contribution is 2.37. The van der Waals surface area contributed by atoms with Crippen molar-refractivity contribution >= 4 is 45.3 Å². The zero-order valence-corrected chi connectivity index (χ0v) is 19.0. The summed E-state index contributed by atoms with van der Waals surface area (Å²) in [6.07, 6.45) is 1.49. The second-order valence-corrected chi connectivity index (χ2v) is 7.66. The smallest absolute Gasteiger partial charge is 0.265 e. The summed E-state index contributed by atoms with van der Waals surface area (Å²) < 4.78 is 12.1. The molecular weight excluding hydrogens is 484 g/mol. The summed E-state index contributed by atoms with van der Waals surface area (Å²) in [6.45, 7) is 0.158. The average molecular weight is 504 g/mol. The fourth-order valence-corrected chi connectivity index (χ4v) is 3.30. The molecule has 8 heteroatoms. The summed E-state index contributed by atoms with van der Waals surface area (Å²) >= 11 is 9.41. The summed E-state index contributed by atoms with van der Waals surface area (Å²) in [5.41, 5.74) is 2.39. The van der Waals surface area contributed by atoms with E-state index in [1.54, 1.807) is 25.3 Å². The van der Waals surface area contributed by atoms with Crippen LogP contribution in [0.4, 0.5) is 5.69 Å². The van der Waals surface area contributed by atoms with Crippen molar-refractivity contribution in [1.29, 1.82) is 0 Å². The van der Waals surface area contributed by atoms with Gasteiger partial charge in [-0.15, -0.1) is 0 Å². The molecule has 0 aliphatic heterocycles. The first kappa shape index (κ1) is 22.7. The summed E-state index contributed by atoms with van der Waals surface area (Å²) in [6, 6.07) is 20.1. The Balaban J connectivity index is 1.57. The molecule has 0 aliphatic carbocycles. The van der Waals surface area contributed by atoms with Gasteiger partial charge in [0, 0.05) is 16.3 Å². The summed E-state index contributed by atoms with van der Waals surface area (Å²) in [7, 11) is 1.56. The van der Waals surface area contributed by atoms with Crippen molar-refractivity contribution in [2.24, 2.45) is 5.16 Å². The standard InChI is InChI=1S/C23H20BrClN2O4/c1-29-21-12-17(13-26-31-15-22(28)27-19-5-3-2-4-6-19)11-20(24)23(21)30-14-16-7-9-18(25)10-8-16/h2-13H,14-15H2,1H3,(H,27,28)/b26-13+. The van der Waals surface area contributed by atoms with E-state index in [0.717, 1.165) is 5.56 Å². The number of hydrogen-bond donors (Lipinski definition) is 1. The molecule has 0 saturated heterocycles. The van der Waals surface area contributed by atoms with Gasteiger partial charge in [-0.1, -0.05) is 47.1 Å². The van der Waals surface area contributed by atoms with Gasteiger partial charge in [0.15, 0.2) is 18.1 Å². The molecule has 0 bridgehead atoms. The highest BCUT2D eigenvalue weighted by Gasteiger charge is 2.12. The van der Waals surface area contributed by atoms with E-state index in [1.165, 1.54) is 6.21 Å². The minimum atomic E-state index is -0.298. The van der Waals surface area contributed by atoms with Crippen molar-refractivity contribution in [1.82, 2.24) is 0 Å². The predicted octanol–water partition coefficient (Wildman–Crippen LogP) is 5.68. The van der Waals surface area contributed by atoms with Gasteiger partial charge in [-0.05, 0) is 57.9 Å². The number of methoxy groups -OCH3 is 1. The van der Waals surface area contributed by atoms with Crippen molar-refractivity contribution in [2.45, 2.75) is 6.61 Å². The minimum Gasteiger partial charge on any atom is -0.493 e. The van der Waals surface area contributed by atoms with Crippen LogP contribution in [-0.2, 0) is 16.2 Å². The third kappa shape index (κ3) is 7.01. The lowest BCUT2D eigenvalue weighted by molar-refractivity contribution is -0.120. The van der Waals surface area contributed by atoms with Crippen LogP contribution in [-0.4, -0.2) is 25.8 Å². The molecule has 0 saturated carbocycles. The Morgan fingerprint density at radius 2 is 1.87 bits per heavy atom. The number of para-hydroxylation sites is 1. The number of carbonyl (C=O) groups is 1. The second-order valence-electron chi connectivity index (χ2n) is 6.37. The van der Waals surface area contributed by atoms with Gasteiger partial charge in [0.2, 0.25) is 0 Å². The lowest BCUT2D eigenvalue weighted by Gasteiger charge is -2.13. The van der Waals surface area contributed by atoms with Gasteiger partial charge in [-0.2, -0.15) is 0 Å². The maximum Gasteiger partial charge on any atom is 0.265 e. The van der Waals surface area contributed by atoms with Crippen LogP contribution in [0.25, 0.3) is 0 Å². The average Bonchev–Trinajstić information content (AvgIpc) is 2.77. The molecule has 3 rings (SSSR count). The molecule has 6 nitrogen and oxygen atoms in total. The Labute approximate surface area is 193 Å². The van der Waals surface area contributed by atoms with Crippen molar-refractivity contribution in [3.8, 4) is 11.5 Å². The van der Waals surface area contributed by atoms with Crippen LogP contribution in [0.2, 0.25) is 5.02 Å². The van der Waals surface area contributed by atoms with E-state index in [1.807, 2.05) is 48.5 Å². The summed E-state index contributed by atoms with van der Waals surface area (Å²) in [5.74, 6) is 0.803. The highest BCUT2D eigenvalue weighted by molar-refractivity contribution is 9.10. The molecule has 0 atom stereocenters. The monoisotopic (exact) mass is 502 g/mol. The van der Waals surface area contributed by atoms with Crippen molar-refractivity contribution in [3.05, 3.63) is 87.4 Å². The lowest BCUT2D eigenvalue weighted by Crippen LogP contribution is -2.16. The van der Waals surface area contributed by atoms with Crippen LogP contribution in [0, 0.1) is 0 Å². The van der Waals surface area contributed by atoms with Crippen LogP contribution < -0.4 is 14.8 Å². The Morgan fingerprint density at radius 1 is 1.13 bits per heavy atom. The molecule has 0 heterocycles. The van der Waals surface area contributed by atoms with Crippen molar-refractivity contribution in [2.75, 3.05) is 19.0 Å². The number of halogens is 2. The van der Waals surface area contributed by atoms with Gasteiger partial charge in [-0.3, -0.25) is 4.79 Å². The van der Waals surface area contributed by atoms with Crippen LogP contribution in [0.15, 0.2) is 76.4 Å². The first-order valence-electron chi connectivity index (χ1n) is 9.30. The maximum atomic E-state index is 11.9. The molecular formula is C23H20BrClN2O4. The highest BCUT2D eigenvalue weighted by atomic mass is 79.9. The first-order chi connectivity index (χ1) is 15.0. The summed E-state index contributed by atoms with van der Waals surface area (Å²) in [4.78, 5) is 17.0. The topological polar surface area (TPSA) is 69.2 Å². The Hall–Kier alpha value is -3.03. The lowest BCUT2D eigenvalue weighted by atomic mass is 10.2. The molecule has 0 unspecified atom stereocenters. The van der Waals surface area contributed by atoms with E-state index in [4.69, 9.17) is 25.9 Å². The second kappa shape index (κ2) is 11.4. The fourth-order valence-electron chi connectivity index (χ4n) is 2.60. The van der Waals surface area contributed by atoms with Crippen LogP contribution in [0.3, 0.4) is 0 Å². The number of ether oxygens (including phenoxy) is 2. The number of rotatable bonds is 9. The van der Waals surface area contributed by atoms with Crippen LogP contribution >= 0.6 is 27.5 Å². The number of amides is 1. The zero-order chi connectivity index (χ0) is 22.1. The Kier molecular flexibility index (Phi) is 8.32. The normalized spacial score (nSPS) is 10.7. The molecule has 0 fully saturated rings. The van der Waals surface area contributed by atoms with Gasteiger partial charge in [0.05, 0.1) is 17.8 Å². The Bertz CT molecular complexity index is 1040. The molecule has 3 aromatic carbocycles. The molecule has 31 heavy (non-hydrogen) atoms. The number of benzene rings is 3. The number of nitrogens with zero attached hydrogens (tertiary/aromatic N) is 1. The van der Waals surface area contributed by atoms with Crippen molar-refractivity contribution < 1.29 is 19.1 Å². The van der Waals surface area contributed by atoms with E-state index in [2.05, 4.69) is 26.4 Å². The van der Waals surface area contributed by atoms with E-state index in [9.17, 15) is 4.79 Å². The van der Waals surface area contributed by atoms with Gasteiger partial charge in [0.25, 0.3) is 5.91 Å². The first-order valence-corrected chi connectivity index (χ1v) is 10.5. The Morgan fingerprint density at radius 3 is 2.58 bits per heavy atom. The third-order valence-electron chi connectivity index (χ3n) is 4.08. The molecule has 1 N–H and O–H groups in total. The SMILES string of the molecule is COc1cc(/C=N/OCC(=O)Nc2ccccc2)cc(Br)c1OCc1ccc(Cl)cc1. The van der Waals surface area contributed by atoms with Gasteiger partial charge in [0.1, 0.15) is 6.61 Å². The maximum absolute atomic E-state index is 11.9. The van der Waals surface area contributed by atoms with Crippen molar-refractivity contribution in [3.63, 3.8) is 0 Å². The molecule has 0 radical (unpaired) electrons. The van der Waals surface area contributed by atoms with Crippen LogP contribution in [0.5, 0.6) is 11.5 Å². The van der Waals surface area contributed by atoms with E-state index >= 15 is 0 Å². The molecule has 0 aromatic heterocycles. The van der Waals surface area contributed by atoms with Gasteiger partial charge >= 0.3 is 0 Å². The number of oxime groups is 1. The number of nitrogens with one attached hydrogen (secondary N) is 1. The number of hydrogen-bond acceptors (Lipinski definition) is 5. The fraction of sp³-hybridized carbons (Fsp3) is 0.130. The number of carbonyl (C=O) groups excluding carboxylic acids is 1. The van der Waals surface area contributed by atoms with E-state index in [0.29, 0.717) is 38.9 Å². The van der Waals surface area contributed by atoms with Crippen LogP contribution in [0.1, 0.15) is 11.1 Å². The third-order valence-corrected chi connectivity index (χ3v) is 4.92. The molecule has 0 spiro atoms. The molecule has 3 aromatic rings. The number of anilines is 1. The largest absolute Gasteiger partial charge is 0.493 e. The molecule has 1 amide bonds. The van der Waals surface area contributed by atoms with E-state index < -0.39 is 0 Å². The summed E-state index contributed by atoms with van der Waals surface area (Å²) in [5, 5.41) is 7.24. The molecule has 0 aliphatic rings. The minimum absolute atomic E-state index is 0.202. The quantitative estimate of drug-likeness (QED) is 0.301. The van der Waals surface area contributed by atoms with Gasteiger partial charge < -0.3 is 19.6 Å². The zero-order valence-electron chi connectivity index (χ0n) is 16.7. The van der Waals surface area contributed by atoms with Gasteiger partial charge in [-0.25, -0.2) is 0 Å². The molecule has 160 valence electrons. The van der Waals surface area contributed by atoms with E-state index in [-0.39, 0.29) is 12.5 Å². The predicted molar refractivity (Wildman–Crippen MR) is 125 cm³/mol.